The van der Waals surface area contributed by atoms with Crippen molar-refractivity contribution in [3.63, 3.8) is 0 Å². The molecule has 0 amide bonds. The Labute approximate surface area is 343 Å². The maximum Gasteiger partial charge on any atom is 1.00 e. The minimum atomic E-state index is -1.67. The minimum absolute atomic E-state index is 0. The summed E-state index contributed by atoms with van der Waals surface area (Å²) in [5.41, 5.74) is 0. The molecule has 0 unspecified atom stereocenters. The summed E-state index contributed by atoms with van der Waals surface area (Å²) in [6.07, 6.45) is 2.56. The Kier molecular flexibility index (Phi) is 297. The van der Waals surface area contributed by atoms with Gasteiger partial charge in [0, 0.05) is 92.9 Å². The zero-order valence-electron chi connectivity index (χ0n) is 31.3. The Bertz CT molecular complexity index is 270. The fourth-order valence-corrected chi connectivity index (χ4v) is 1.67. The summed E-state index contributed by atoms with van der Waals surface area (Å²) in [5, 5.41) is 7.42. The molecule has 0 aromatic heterocycles. The van der Waals surface area contributed by atoms with Crippen molar-refractivity contribution in [2.45, 2.75) is 27.2 Å². The van der Waals surface area contributed by atoms with Crippen molar-refractivity contribution in [3.05, 3.63) is 0 Å². The van der Waals surface area contributed by atoms with Gasteiger partial charge in [0.15, 0.2) is 0 Å². The van der Waals surface area contributed by atoms with Gasteiger partial charge >= 0.3 is 154 Å². The largest absolute Gasteiger partial charge is 1.00 e. The van der Waals surface area contributed by atoms with Gasteiger partial charge < -0.3 is 68.4 Å². The van der Waals surface area contributed by atoms with Gasteiger partial charge in [-0.1, -0.05) is 7.43 Å². The molecule has 1 rings (SSSR count). The second kappa shape index (κ2) is 105. The number of hydrogen-bond donors (Lipinski definition) is 3. The van der Waals surface area contributed by atoms with Gasteiger partial charge in [-0.3, -0.25) is 4.79 Å². The molecule has 0 bridgehead atoms. The van der Waals surface area contributed by atoms with Crippen molar-refractivity contribution in [3.8, 4) is 0 Å². The van der Waals surface area contributed by atoms with Gasteiger partial charge in [0.2, 0.25) is 0 Å². The van der Waals surface area contributed by atoms with Gasteiger partial charge in [-0.25, -0.2) is 0 Å². The van der Waals surface area contributed by atoms with Crippen LogP contribution in [0.5, 0.6) is 0 Å². The summed E-state index contributed by atoms with van der Waals surface area (Å²) in [4.78, 5) is 9.00. The van der Waals surface area contributed by atoms with Crippen LogP contribution in [0.4, 0.5) is 0 Å². The number of carboxylic acid groups (broad SMARTS) is 1. The summed E-state index contributed by atoms with van der Waals surface area (Å²) in [6.45, 7) is 3.08. The van der Waals surface area contributed by atoms with E-state index in [-0.39, 0.29) is 181 Å². The smallest absolute Gasteiger partial charge is 1.00 e. The van der Waals surface area contributed by atoms with E-state index in [0.29, 0.717) is 0 Å². The van der Waals surface area contributed by atoms with Gasteiger partial charge in [-0.2, -0.15) is 0 Å². The molecule has 0 aliphatic carbocycles. The average molecular weight is 578 g/mol. The molecule has 199 valence electrons. The van der Waals surface area contributed by atoms with Crippen molar-refractivity contribution in [1.29, 1.82) is 0 Å². The second-order valence-electron chi connectivity index (χ2n) is 3.83. The standard InChI is InChI=1S/C4H8O.C3H9BO3.C2H4O2.3CH3O.CH4.Al.B.Cl2.ClH.7Li.2H3N.6H/c1-2-4-5-3-1;1-5-4(6-2)7-3;1-2(3)4;3*1-2;;;;1-2;;;;;;;;;;;;;;;;/h1-4H2;1-3H3;1H3,(H,3,4);3*1H3;1H4;;;;1H;;;;;;;;2*1H3;;;;;;/q;;;3*-1;;+3;;;;7*+1;;;6*-1/p-1. The topological polar surface area (TPSA) is 172 Å². The number of ether oxygens (including phenoxy) is 1. The van der Waals surface area contributed by atoms with Crippen LogP contribution >= 0.6 is 21.7 Å². The summed E-state index contributed by atoms with van der Waals surface area (Å²) in [6, 6.07) is 0. The molecule has 1 aliphatic heterocycles. The zero-order chi connectivity index (χ0) is 20.5. The van der Waals surface area contributed by atoms with Gasteiger partial charge in [0.25, 0.3) is 5.97 Å². The van der Waals surface area contributed by atoms with E-state index in [1.165, 1.54) is 34.2 Å². The molecule has 0 saturated carbocycles. The second-order valence-corrected chi connectivity index (χ2v) is 5.82. The van der Waals surface area contributed by atoms with Crippen molar-refractivity contribution >= 4 is 58.6 Å². The van der Waals surface area contributed by atoms with Crippen LogP contribution in [-0.2, 0) is 34.9 Å². The molecule has 24 heteroatoms. The Balaban J connectivity index is -0.00000000595. The molecular formula is C13H46AlB2Cl3Li7N2O9. The minimum Gasteiger partial charge on any atom is -1.00 e. The first-order valence-electron chi connectivity index (χ1n) is 7.01. The van der Waals surface area contributed by atoms with Crippen LogP contribution in [0, 0.1) is 0 Å². The van der Waals surface area contributed by atoms with E-state index in [1.807, 2.05) is 0 Å². The summed E-state index contributed by atoms with van der Waals surface area (Å²) < 4.78 is 33.0. The quantitative estimate of drug-likeness (QED) is 0.256. The molecule has 0 atom stereocenters. The van der Waals surface area contributed by atoms with E-state index in [2.05, 4.69) is 35.7 Å². The third-order valence-electron chi connectivity index (χ3n) is 1.98. The van der Waals surface area contributed by atoms with Crippen LogP contribution in [-0.4, -0.2) is 97.8 Å². The molecule has 0 spiro atoms. The molecular weight excluding hydrogens is 532 g/mol. The molecule has 1 fully saturated rings. The predicted molar refractivity (Wildman–Crippen MR) is 128 cm³/mol. The Morgan fingerprint density at radius 1 is 0.784 bits per heavy atom. The maximum absolute atomic E-state index is 9.00. The van der Waals surface area contributed by atoms with Gasteiger partial charge in [-0.15, -0.1) is 0 Å². The molecule has 0 aromatic carbocycles. The third kappa shape index (κ3) is 129. The van der Waals surface area contributed by atoms with E-state index in [0.717, 1.165) is 20.1 Å². The first kappa shape index (κ1) is 105. The van der Waals surface area contributed by atoms with Crippen molar-refractivity contribution in [2.75, 3.05) is 55.9 Å². The zero-order valence-corrected chi connectivity index (χ0v) is 28.7. The number of carbonyl (C=O) groups is 1. The molecule has 7 N–H and O–H groups in total. The molecule has 11 nitrogen and oxygen atoms in total. The van der Waals surface area contributed by atoms with E-state index in [1.54, 1.807) is 21.3 Å². The summed E-state index contributed by atoms with van der Waals surface area (Å²) in [5.74, 6) is -0.833. The van der Waals surface area contributed by atoms with Gasteiger partial charge in [-0.05, 0) is 12.8 Å². The van der Waals surface area contributed by atoms with Crippen molar-refractivity contribution in [2.24, 2.45) is 0 Å². The average Bonchev–Trinajstić information content (AvgIpc) is 3.20. The molecule has 3 radical (unpaired) electrons. The fourth-order valence-electron chi connectivity index (χ4n) is 1.09. The van der Waals surface area contributed by atoms with Gasteiger partial charge in [0.1, 0.15) is 0 Å². The van der Waals surface area contributed by atoms with Crippen LogP contribution in [0.1, 0.15) is 35.8 Å². The van der Waals surface area contributed by atoms with Crippen LogP contribution in [0.3, 0.4) is 0 Å². The molecule has 1 heterocycles. The Hall–Kier alpha value is 4.82. The molecule has 1 aliphatic rings. The van der Waals surface area contributed by atoms with Crippen LogP contribution in [0.15, 0.2) is 0 Å². The van der Waals surface area contributed by atoms with E-state index in [4.69, 9.17) is 26.0 Å². The number of aliphatic carboxylic acids is 1. The van der Waals surface area contributed by atoms with E-state index in [9.17, 15) is 0 Å². The van der Waals surface area contributed by atoms with Crippen LogP contribution in [0.2, 0.25) is 0 Å². The Morgan fingerprint density at radius 3 is 1.00 bits per heavy atom. The maximum atomic E-state index is 9.00. The molecule has 37 heavy (non-hydrogen) atoms. The summed E-state index contributed by atoms with van der Waals surface area (Å²) in [7, 11) is 17.0. The monoisotopic (exact) mass is 577 g/mol. The third-order valence-corrected chi connectivity index (χ3v) is 3.14. The van der Waals surface area contributed by atoms with E-state index < -0.39 is 28.4 Å². The summed E-state index contributed by atoms with van der Waals surface area (Å²) >= 11 is -1.67. The Morgan fingerprint density at radius 2 is 0.973 bits per heavy atom. The molecule has 0 aromatic rings. The van der Waals surface area contributed by atoms with Crippen LogP contribution in [0.25, 0.3) is 0 Å². The van der Waals surface area contributed by atoms with Crippen LogP contribution < -0.4 is 157 Å². The SMILES string of the molecule is C.C1CCOC1.CC(=O)O.COB(OC)OC.C[O][Al]([O]C)[O]C.ClCl.N.N.[B].[Cl-].[H-].[H-].[H-].[H-].[H-].[H-].[Li+].[Li+].[Li+].[Li+].[Li+].[Li+].[Li+]. The number of hydrogen-bond acceptors (Lipinski definition) is 10. The van der Waals surface area contributed by atoms with Crippen molar-refractivity contribution in [1.82, 2.24) is 12.3 Å². The number of carboxylic acids is 1. The molecule has 1 saturated heterocycles. The van der Waals surface area contributed by atoms with E-state index >= 15 is 0 Å². The fraction of sp³-hybridized carbons (Fsp3) is 0.923. The van der Waals surface area contributed by atoms with Gasteiger partial charge in [0.05, 0.1) is 0 Å². The normalized spacial score (nSPS) is 7.49. The first-order valence-corrected chi connectivity index (χ1v) is 9.57. The van der Waals surface area contributed by atoms with Crippen molar-refractivity contribution < 1.29 is 193 Å². The first-order chi connectivity index (χ1) is 11.9. The number of halogens is 3. The predicted octanol–water partition coefficient (Wildman–Crippen LogP) is -20.6. The number of rotatable bonds is 6.